The topological polar surface area (TPSA) is 56.0 Å². The Hall–Kier alpha value is -0.810. The fourth-order valence-corrected chi connectivity index (χ4v) is 1.89. The van der Waals surface area contributed by atoms with E-state index in [-0.39, 0.29) is 10.7 Å². The Bertz CT molecular complexity index is 357. The molecule has 70 valence electrons. The lowest BCUT2D eigenvalue weighted by Gasteiger charge is -2.01. The number of rotatable bonds is 2. The summed E-state index contributed by atoms with van der Waals surface area (Å²) in [6.07, 6.45) is 1.73. The van der Waals surface area contributed by atoms with E-state index in [0.717, 1.165) is 0 Å². The van der Waals surface area contributed by atoms with Crippen molar-refractivity contribution in [1.29, 1.82) is 0 Å². The number of aryl methyl sites for hydroxylation is 1. The first-order valence-electron chi connectivity index (χ1n) is 3.41. The van der Waals surface area contributed by atoms with Crippen LogP contribution in [0, 0.1) is 17.0 Å². The van der Waals surface area contributed by atoms with Crippen molar-refractivity contribution in [3.8, 4) is 0 Å². The van der Waals surface area contributed by atoms with Crippen molar-refractivity contribution < 1.29 is 4.92 Å². The van der Waals surface area contributed by atoms with Gasteiger partial charge in [-0.15, -0.1) is 11.8 Å². The molecule has 0 atom stereocenters. The summed E-state index contributed by atoms with van der Waals surface area (Å²) >= 11 is 6.93. The van der Waals surface area contributed by atoms with E-state index >= 15 is 0 Å². The number of nitrogens with zero attached hydrogens (tertiary/aromatic N) is 2. The second-order valence-electron chi connectivity index (χ2n) is 2.36. The molecule has 0 amide bonds. The lowest BCUT2D eigenvalue weighted by Crippen LogP contribution is -1.96. The van der Waals surface area contributed by atoms with Crippen LogP contribution in [0.25, 0.3) is 0 Å². The third kappa shape index (κ3) is 2.10. The van der Waals surface area contributed by atoms with Gasteiger partial charge < -0.3 is 0 Å². The Morgan fingerprint density at radius 2 is 2.31 bits per heavy atom. The van der Waals surface area contributed by atoms with Crippen LogP contribution in [0.2, 0.25) is 5.02 Å². The summed E-state index contributed by atoms with van der Waals surface area (Å²) in [6, 6.07) is 1.49. The van der Waals surface area contributed by atoms with Gasteiger partial charge in [0.05, 0.1) is 4.92 Å². The van der Waals surface area contributed by atoms with Gasteiger partial charge in [-0.1, -0.05) is 11.6 Å². The average molecular weight is 219 g/mol. The number of pyridine rings is 1. The molecule has 0 aromatic carbocycles. The molecule has 13 heavy (non-hydrogen) atoms. The van der Waals surface area contributed by atoms with Gasteiger partial charge in [0, 0.05) is 5.69 Å². The van der Waals surface area contributed by atoms with Crippen molar-refractivity contribution in [2.45, 2.75) is 11.9 Å². The predicted molar refractivity (Wildman–Crippen MR) is 52.4 cm³/mol. The molecule has 1 aromatic heterocycles. The maximum absolute atomic E-state index is 10.6. The molecule has 0 bridgehead atoms. The normalized spacial score (nSPS) is 10.1. The zero-order valence-corrected chi connectivity index (χ0v) is 8.65. The third-order valence-corrected chi connectivity index (χ3v) is 2.38. The highest BCUT2D eigenvalue weighted by Gasteiger charge is 2.19. The Balaban J connectivity index is 3.38. The fraction of sp³-hybridized carbons (Fsp3) is 0.286. The van der Waals surface area contributed by atoms with E-state index in [1.165, 1.54) is 17.8 Å². The third-order valence-electron chi connectivity index (χ3n) is 1.42. The highest BCUT2D eigenvalue weighted by atomic mass is 35.5. The van der Waals surface area contributed by atoms with Crippen LogP contribution in [0.1, 0.15) is 5.69 Å². The van der Waals surface area contributed by atoms with Gasteiger partial charge >= 0.3 is 5.69 Å². The van der Waals surface area contributed by atoms with E-state index in [1.807, 2.05) is 0 Å². The molecule has 0 saturated carbocycles. The number of hydrogen-bond donors (Lipinski definition) is 0. The summed E-state index contributed by atoms with van der Waals surface area (Å²) in [5.41, 5.74) is 0.569. The molecule has 0 aliphatic heterocycles. The molecule has 0 unspecified atom stereocenters. The summed E-state index contributed by atoms with van der Waals surface area (Å²) in [5, 5.41) is 11.1. The van der Waals surface area contributed by atoms with Crippen molar-refractivity contribution in [2.75, 3.05) is 6.26 Å². The van der Waals surface area contributed by atoms with E-state index < -0.39 is 4.92 Å². The number of nitro groups is 1. The lowest BCUT2D eigenvalue weighted by atomic mass is 10.3. The molecule has 1 aromatic rings. The molecule has 6 heteroatoms. The number of halogens is 1. The minimum absolute atomic E-state index is 0.111. The SMILES string of the molecule is CSc1nc(C)cc(Cl)c1[N+](=O)[O-]. The highest BCUT2D eigenvalue weighted by Crippen LogP contribution is 2.32. The summed E-state index contributed by atoms with van der Waals surface area (Å²) in [5.74, 6) is 0. The zero-order valence-electron chi connectivity index (χ0n) is 7.07. The van der Waals surface area contributed by atoms with Crippen molar-refractivity contribution in [1.82, 2.24) is 4.98 Å². The van der Waals surface area contributed by atoms with Crippen LogP contribution < -0.4 is 0 Å². The molecule has 0 aliphatic rings. The zero-order chi connectivity index (χ0) is 10.0. The van der Waals surface area contributed by atoms with Gasteiger partial charge in [-0.25, -0.2) is 4.98 Å². The minimum Gasteiger partial charge on any atom is -0.258 e. The van der Waals surface area contributed by atoms with Crippen molar-refractivity contribution >= 4 is 29.1 Å². The number of hydrogen-bond acceptors (Lipinski definition) is 4. The molecule has 0 spiro atoms. The Morgan fingerprint density at radius 3 is 2.77 bits per heavy atom. The van der Waals surface area contributed by atoms with Crippen LogP contribution in [0.3, 0.4) is 0 Å². The molecule has 0 saturated heterocycles. The molecule has 1 rings (SSSR count). The first-order valence-corrected chi connectivity index (χ1v) is 5.02. The standard InChI is InChI=1S/C7H7ClN2O2S/c1-4-3-5(8)6(10(11)12)7(9-4)13-2/h3H,1-2H3. The predicted octanol–water partition coefficient (Wildman–Crippen LogP) is 2.67. The first kappa shape index (κ1) is 10.3. The molecular formula is C7H7ClN2O2S. The second-order valence-corrected chi connectivity index (χ2v) is 3.56. The van der Waals surface area contributed by atoms with Gasteiger partial charge in [-0.05, 0) is 19.2 Å². The summed E-state index contributed by atoms with van der Waals surface area (Å²) in [4.78, 5) is 14.1. The van der Waals surface area contributed by atoms with Crippen molar-refractivity contribution in [3.05, 3.63) is 26.9 Å². The average Bonchev–Trinajstić information content (AvgIpc) is 2.01. The van der Waals surface area contributed by atoms with Crippen LogP contribution in [0.5, 0.6) is 0 Å². The Labute approximate surface area is 84.5 Å². The van der Waals surface area contributed by atoms with E-state index in [1.54, 1.807) is 13.2 Å². The first-order chi connectivity index (χ1) is 6.06. The number of aromatic nitrogens is 1. The van der Waals surface area contributed by atoms with E-state index in [2.05, 4.69) is 4.98 Å². The van der Waals surface area contributed by atoms with E-state index in [9.17, 15) is 10.1 Å². The molecule has 0 fully saturated rings. The second kappa shape index (κ2) is 3.93. The van der Waals surface area contributed by atoms with Crippen molar-refractivity contribution in [2.24, 2.45) is 0 Å². The van der Waals surface area contributed by atoms with Crippen LogP contribution in [-0.2, 0) is 0 Å². The largest absolute Gasteiger partial charge is 0.319 e. The highest BCUT2D eigenvalue weighted by molar-refractivity contribution is 7.98. The minimum atomic E-state index is -0.513. The van der Waals surface area contributed by atoms with Crippen LogP contribution in [-0.4, -0.2) is 16.2 Å². The summed E-state index contributed by atoms with van der Waals surface area (Å²) in [7, 11) is 0. The number of thioether (sulfide) groups is 1. The summed E-state index contributed by atoms with van der Waals surface area (Å²) in [6.45, 7) is 1.75. The van der Waals surface area contributed by atoms with Gasteiger partial charge in [0.1, 0.15) is 5.02 Å². The van der Waals surface area contributed by atoms with Gasteiger partial charge in [0.15, 0.2) is 5.03 Å². The molecule has 0 radical (unpaired) electrons. The quantitative estimate of drug-likeness (QED) is 0.435. The van der Waals surface area contributed by atoms with Crippen LogP contribution in [0.4, 0.5) is 5.69 Å². The van der Waals surface area contributed by atoms with Crippen molar-refractivity contribution in [3.63, 3.8) is 0 Å². The van der Waals surface area contributed by atoms with Gasteiger partial charge in [0.25, 0.3) is 0 Å². The fourth-order valence-electron chi connectivity index (χ4n) is 0.907. The van der Waals surface area contributed by atoms with Crippen LogP contribution >= 0.6 is 23.4 Å². The Kier molecular flexibility index (Phi) is 3.11. The van der Waals surface area contributed by atoms with Crippen LogP contribution in [0.15, 0.2) is 11.1 Å². The monoisotopic (exact) mass is 218 g/mol. The lowest BCUT2D eigenvalue weighted by molar-refractivity contribution is -0.388. The molecular weight excluding hydrogens is 212 g/mol. The maximum atomic E-state index is 10.6. The van der Waals surface area contributed by atoms with Gasteiger partial charge in [-0.2, -0.15) is 0 Å². The molecule has 0 aliphatic carbocycles. The Morgan fingerprint density at radius 1 is 1.69 bits per heavy atom. The van der Waals surface area contributed by atoms with Gasteiger partial charge in [0.2, 0.25) is 0 Å². The molecule has 4 nitrogen and oxygen atoms in total. The summed E-state index contributed by atoms with van der Waals surface area (Å²) < 4.78 is 0. The van der Waals surface area contributed by atoms with E-state index in [0.29, 0.717) is 10.7 Å². The van der Waals surface area contributed by atoms with Gasteiger partial charge in [-0.3, -0.25) is 10.1 Å². The molecule has 0 N–H and O–H groups in total. The molecule has 1 heterocycles. The van der Waals surface area contributed by atoms with E-state index in [4.69, 9.17) is 11.6 Å². The maximum Gasteiger partial charge on any atom is 0.319 e. The smallest absolute Gasteiger partial charge is 0.258 e.